The Morgan fingerprint density at radius 1 is 1.45 bits per heavy atom. The second kappa shape index (κ2) is 3.79. The first-order valence-electron chi connectivity index (χ1n) is 2.58. The zero-order valence-electron chi connectivity index (χ0n) is 5.76. The molecule has 0 aromatic heterocycles. The van der Waals surface area contributed by atoms with Gasteiger partial charge in [-0.2, -0.15) is 8.42 Å². The molecule has 0 aromatic rings. The summed E-state index contributed by atoms with van der Waals surface area (Å²) in [5.41, 5.74) is 0. The molecule has 0 saturated heterocycles. The second-order valence-electron chi connectivity index (χ2n) is 1.85. The van der Waals surface area contributed by atoms with Gasteiger partial charge in [-0.1, -0.05) is 0 Å². The molecule has 1 N–H and O–H groups in total. The van der Waals surface area contributed by atoms with Crippen LogP contribution in [0, 0.1) is 0 Å². The summed E-state index contributed by atoms with van der Waals surface area (Å²) in [7, 11) is -5.30. The lowest BCUT2D eigenvalue weighted by atomic mass is 10.8. The van der Waals surface area contributed by atoms with Crippen LogP contribution in [-0.2, 0) is 20.6 Å². The molecule has 0 aliphatic rings. The fourth-order valence-electron chi connectivity index (χ4n) is 0.318. The van der Waals surface area contributed by atoms with Crippen molar-refractivity contribution in [2.24, 2.45) is 0 Å². The van der Waals surface area contributed by atoms with Crippen molar-refractivity contribution in [2.45, 2.75) is 0 Å². The van der Waals surface area contributed by atoms with E-state index in [1.165, 1.54) is 7.05 Å². The lowest BCUT2D eigenvalue weighted by Gasteiger charge is -1.88. The summed E-state index contributed by atoms with van der Waals surface area (Å²) in [6, 6.07) is 0. The third-order valence-electron chi connectivity index (χ3n) is 0.919. The summed E-state index contributed by atoms with van der Waals surface area (Å²) >= 11 is 0. The van der Waals surface area contributed by atoms with Gasteiger partial charge in [-0.15, -0.1) is 12.4 Å². The normalized spacial score (nSPS) is 11.1. The van der Waals surface area contributed by atoms with Crippen molar-refractivity contribution in [3.05, 3.63) is 0 Å². The van der Waals surface area contributed by atoms with E-state index in [0.29, 0.717) is 0 Å². The van der Waals surface area contributed by atoms with Crippen LogP contribution in [0.3, 0.4) is 0 Å². The monoisotopic (exact) mass is 202 g/mol. The van der Waals surface area contributed by atoms with Crippen LogP contribution in [0.25, 0.3) is 0 Å². The van der Waals surface area contributed by atoms with Gasteiger partial charge in [-0.3, -0.25) is 4.55 Å². The Balaban J connectivity index is 4.26. The highest BCUT2D eigenvalue weighted by Gasteiger charge is 2.09. The van der Waals surface area contributed by atoms with Gasteiger partial charge in [-0.25, -0.2) is 0 Å². The molecule has 0 amide bonds. The van der Waals surface area contributed by atoms with Crippen molar-refractivity contribution in [1.29, 1.82) is 0 Å². The van der Waals surface area contributed by atoms with Crippen LogP contribution in [0.15, 0.2) is 0 Å². The molecule has 0 aliphatic carbocycles. The van der Waals surface area contributed by atoms with Gasteiger partial charge in [0.1, 0.15) is 5.75 Å². The molecule has 0 unspecified atom stereocenters. The minimum absolute atomic E-state index is 0.241. The fourth-order valence-corrected chi connectivity index (χ4v) is 1.18. The largest absolute Gasteiger partial charge is 0.458 e. The summed E-state index contributed by atoms with van der Waals surface area (Å²) in [4.78, 5) is 0. The van der Waals surface area contributed by atoms with Crippen LogP contribution in [0.1, 0.15) is 0 Å². The summed E-state index contributed by atoms with van der Waals surface area (Å²) < 4.78 is 49.3. The van der Waals surface area contributed by atoms with Crippen molar-refractivity contribution >= 4 is 20.6 Å². The predicted octanol–water partition coefficient (Wildman–Crippen LogP) is -1.42. The average Bonchev–Trinajstić information content (AvgIpc) is 1.80. The zero-order chi connectivity index (χ0) is 9.07. The Hall–Kier alpha value is -0.470. The minimum Gasteiger partial charge on any atom is -0.285 e. The van der Waals surface area contributed by atoms with Gasteiger partial charge in [0.2, 0.25) is 0 Å². The molecule has 6 nitrogen and oxygen atoms in total. The van der Waals surface area contributed by atoms with Crippen molar-refractivity contribution < 1.29 is 25.3 Å². The highest BCUT2D eigenvalue weighted by atomic mass is 32.2. The summed E-state index contributed by atoms with van der Waals surface area (Å²) in [5, 5.41) is 0. The van der Waals surface area contributed by atoms with Crippen LogP contribution < -0.4 is 0 Å². The molecule has 8 heteroatoms. The third kappa shape index (κ3) is 5.95. The highest BCUT2D eigenvalue weighted by molar-refractivity contribution is 7.85. The maximum Gasteiger partial charge on any atom is 0.458 e. The Morgan fingerprint density at radius 3 is 2.18 bits per heavy atom. The molecular formula is C3H8NO5S2+. The zero-order valence-corrected chi connectivity index (χ0v) is 7.39. The number of nitrogens with zero attached hydrogens (tertiary/aromatic N) is 1. The van der Waals surface area contributed by atoms with E-state index in [2.05, 4.69) is 0 Å². The van der Waals surface area contributed by atoms with Gasteiger partial charge in [0, 0.05) is 0 Å². The highest BCUT2D eigenvalue weighted by Crippen LogP contribution is 1.80. The summed E-state index contributed by atoms with van der Waals surface area (Å²) in [5.74, 6) is -0.586. The smallest absolute Gasteiger partial charge is 0.285 e. The first kappa shape index (κ1) is 10.5. The molecule has 0 spiro atoms. The summed E-state index contributed by atoms with van der Waals surface area (Å²) in [6.07, 6.45) is 0. The van der Waals surface area contributed by atoms with Gasteiger partial charge in [0.25, 0.3) is 10.1 Å². The number of hydrogen-bond acceptors (Lipinski definition) is 4. The first-order chi connectivity index (χ1) is 4.83. The molecule has 0 radical (unpaired) electrons. The van der Waals surface area contributed by atoms with Gasteiger partial charge in [-0.05, 0) is 0 Å². The maximum atomic E-state index is 10.1. The predicted molar refractivity (Wildman–Crippen MR) is 36.4 cm³/mol. The average molecular weight is 202 g/mol. The Morgan fingerprint density at radius 2 is 1.91 bits per heavy atom. The molecule has 11 heavy (non-hydrogen) atoms. The molecule has 0 aliphatic heterocycles. The van der Waals surface area contributed by atoms with E-state index in [-0.39, 0.29) is 6.54 Å². The van der Waals surface area contributed by atoms with E-state index in [9.17, 15) is 16.8 Å². The maximum absolute atomic E-state index is 10.1. The SMILES string of the molecule is C[N+](CCS(=O)(=O)O)=S(=O)=O. The van der Waals surface area contributed by atoms with E-state index in [4.69, 9.17) is 4.55 Å². The molecular weight excluding hydrogens is 194 g/mol. The number of rotatable bonds is 3. The van der Waals surface area contributed by atoms with Gasteiger partial charge in [0.05, 0.1) is 0 Å². The lowest BCUT2D eigenvalue weighted by Crippen LogP contribution is -2.16. The first-order valence-corrected chi connectivity index (χ1v) is 5.22. The Bertz CT molecular complexity index is 341. The Labute approximate surface area is 65.9 Å². The van der Waals surface area contributed by atoms with Crippen molar-refractivity contribution in [1.82, 2.24) is 0 Å². The summed E-state index contributed by atoms with van der Waals surface area (Å²) in [6.45, 7) is -0.241. The molecule has 0 aromatic carbocycles. The van der Waals surface area contributed by atoms with Crippen molar-refractivity contribution in [3.8, 4) is 0 Å². The Kier molecular flexibility index (Phi) is 3.63. The fraction of sp³-hybridized carbons (Fsp3) is 1.00. The molecule has 0 fully saturated rings. The van der Waals surface area contributed by atoms with E-state index < -0.39 is 26.4 Å². The van der Waals surface area contributed by atoms with Crippen LogP contribution in [-0.4, -0.2) is 44.7 Å². The molecule has 0 bridgehead atoms. The van der Waals surface area contributed by atoms with Crippen LogP contribution in [0.2, 0.25) is 0 Å². The topological polar surface area (TPSA) is 91.5 Å². The van der Waals surface area contributed by atoms with Crippen molar-refractivity contribution in [2.75, 3.05) is 19.3 Å². The number of hydrogen-bond donors (Lipinski definition) is 1. The molecule has 0 saturated carbocycles. The minimum atomic E-state index is -4.07. The van der Waals surface area contributed by atoms with E-state index in [1.54, 1.807) is 0 Å². The second-order valence-corrected chi connectivity index (χ2v) is 4.48. The standard InChI is InChI=1S/C3H7NO5S2/c1-4(10(5)6)2-3-11(7,8)9/h2-3H2,1H3/p+1. The quantitative estimate of drug-likeness (QED) is 0.448. The van der Waals surface area contributed by atoms with Crippen molar-refractivity contribution in [3.63, 3.8) is 0 Å². The van der Waals surface area contributed by atoms with Crippen LogP contribution >= 0.6 is 0 Å². The molecule has 66 valence electrons. The van der Waals surface area contributed by atoms with Crippen LogP contribution in [0.4, 0.5) is 0 Å². The lowest BCUT2D eigenvalue weighted by molar-refractivity contribution is -0.466. The molecule has 0 atom stereocenters. The van der Waals surface area contributed by atoms with Crippen LogP contribution in [0.5, 0.6) is 0 Å². The van der Waals surface area contributed by atoms with Gasteiger partial charge < -0.3 is 0 Å². The molecule has 0 rings (SSSR count). The van der Waals surface area contributed by atoms with E-state index in [1.807, 2.05) is 0 Å². The third-order valence-corrected chi connectivity index (χ3v) is 2.31. The van der Waals surface area contributed by atoms with E-state index in [0.717, 1.165) is 3.95 Å². The molecule has 0 heterocycles. The van der Waals surface area contributed by atoms with E-state index >= 15 is 0 Å². The van der Waals surface area contributed by atoms with Gasteiger partial charge in [0.15, 0.2) is 13.6 Å². The van der Waals surface area contributed by atoms with Gasteiger partial charge >= 0.3 is 10.5 Å².